The zero-order valence-corrected chi connectivity index (χ0v) is 12.5. The first kappa shape index (κ1) is 14.2. The molecule has 1 heterocycles. The standard InChI is InChI=1S/C15H22N4O/c1-5-8-19-15(14(16)11(3)18-19)17-12-9-10(2)6-7-13(12)20-4/h6-7,9,17H,5,8,16H2,1-4H3. The normalized spacial score (nSPS) is 10.6. The number of rotatable bonds is 5. The Bertz CT molecular complexity index is 604. The van der Waals surface area contributed by atoms with Gasteiger partial charge < -0.3 is 15.8 Å². The molecule has 1 aromatic carbocycles. The highest BCUT2D eigenvalue weighted by atomic mass is 16.5. The number of nitrogens with one attached hydrogen (secondary N) is 1. The van der Waals surface area contributed by atoms with Crippen LogP contribution < -0.4 is 15.8 Å². The van der Waals surface area contributed by atoms with E-state index in [1.165, 1.54) is 0 Å². The van der Waals surface area contributed by atoms with Gasteiger partial charge in [0.25, 0.3) is 0 Å². The Hall–Kier alpha value is -2.17. The number of aromatic nitrogens is 2. The predicted octanol–water partition coefficient (Wildman–Crippen LogP) is 3.24. The van der Waals surface area contributed by atoms with Crippen LogP contribution in [0.1, 0.15) is 24.6 Å². The van der Waals surface area contributed by atoms with Gasteiger partial charge in [0.2, 0.25) is 0 Å². The Kier molecular flexibility index (Phi) is 4.17. The fourth-order valence-electron chi connectivity index (χ4n) is 2.15. The molecule has 0 radical (unpaired) electrons. The molecule has 108 valence electrons. The first-order chi connectivity index (χ1) is 9.56. The van der Waals surface area contributed by atoms with Gasteiger partial charge in [-0.1, -0.05) is 13.0 Å². The monoisotopic (exact) mass is 274 g/mol. The highest BCUT2D eigenvalue weighted by Crippen LogP contribution is 2.32. The molecule has 0 bridgehead atoms. The molecule has 0 atom stereocenters. The minimum atomic E-state index is 0.682. The summed E-state index contributed by atoms with van der Waals surface area (Å²) in [4.78, 5) is 0. The molecule has 0 fully saturated rings. The van der Waals surface area contributed by atoms with Gasteiger partial charge in [0, 0.05) is 6.54 Å². The minimum Gasteiger partial charge on any atom is -0.495 e. The van der Waals surface area contributed by atoms with Crippen molar-refractivity contribution in [3.05, 3.63) is 29.5 Å². The molecule has 0 aliphatic heterocycles. The maximum absolute atomic E-state index is 6.12. The maximum atomic E-state index is 6.12. The lowest BCUT2D eigenvalue weighted by molar-refractivity contribution is 0.416. The van der Waals surface area contributed by atoms with Crippen molar-refractivity contribution in [3.63, 3.8) is 0 Å². The molecule has 0 spiro atoms. The lowest BCUT2D eigenvalue weighted by Crippen LogP contribution is -2.06. The number of nitrogens with zero attached hydrogens (tertiary/aromatic N) is 2. The number of nitrogens with two attached hydrogens (primary N) is 1. The third kappa shape index (κ3) is 2.71. The molecular weight excluding hydrogens is 252 g/mol. The van der Waals surface area contributed by atoms with Gasteiger partial charge in [-0.05, 0) is 38.0 Å². The van der Waals surface area contributed by atoms with Crippen molar-refractivity contribution in [1.82, 2.24) is 9.78 Å². The van der Waals surface area contributed by atoms with E-state index in [-0.39, 0.29) is 0 Å². The van der Waals surface area contributed by atoms with E-state index in [2.05, 4.69) is 17.3 Å². The van der Waals surface area contributed by atoms with E-state index in [9.17, 15) is 0 Å². The van der Waals surface area contributed by atoms with Crippen LogP contribution in [0.3, 0.4) is 0 Å². The smallest absolute Gasteiger partial charge is 0.152 e. The molecule has 2 aromatic rings. The predicted molar refractivity (Wildman–Crippen MR) is 82.7 cm³/mol. The van der Waals surface area contributed by atoms with Gasteiger partial charge in [-0.15, -0.1) is 0 Å². The lowest BCUT2D eigenvalue weighted by atomic mass is 10.2. The van der Waals surface area contributed by atoms with Crippen LogP contribution in [0.4, 0.5) is 17.2 Å². The minimum absolute atomic E-state index is 0.682. The van der Waals surface area contributed by atoms with Gasteiger partial charge >= 0.3 is 0 Å². The van der Waals surface area contributed by atoms with Crippen LogP contribution in [-0.2, 0) is 6.54 Å². The molecule has 2 rings (SSSR count). The summed E-state index contributed by atoms with van der Waals surface area (Å²) in [5, 5.41) is 7.82. The van der Waals surface area contributed by atoms with Crippen molar-refractivity contribution in [2.45, 2.75) is 33.7 Å². The molecule has 0 aliphatic rings. The molecule has 0 aliphatic carbocycles. The van der Waals surface area contributed by atoms with Crippen molar-refractivity contribution in [1.29, 1.82) is 0 Å². The van der Waals surface area contributed by atoms with Crippen molar-refractivity contribution in [2.24, 2.45) is 0 Å². The summed E-state index contributed by atoms with van der Waals surface area (Å²) < 4.78 is 7.30. The van der Waals surface area contributed by atoms with E-state index >= 15 is 0 Å². The van der Waals surface area contributed by atoms with Crippen LogP contribution in [0.2, 0.25) is 0 Å². The van der Waals surface area contributed by atoms with Crippen LogP contribution in [0.5, 0.6) is 5.75 Å². The Morgan fingerprint density at radius 2 is 2.10 bits per heavy atom. The second kappa shape index (κ2) is 5.86. The van der Waals surface area contributed by atoms with Crippen molar-refractivity contribution >= 4 is 17.2 Å². The topological polar surface area (TPSA) is 65.1 Å². The number of methoxy groups -OCH3 is 1. The molecule has 20 heavy (non-hydrogen) atoms. The van der Waals surface area contributed by atoms with Gasteiger partial charge in [0.1, 0.15) is 5.75 Å². The molecule has 0 amide bonds. The largest absolute Gasteiger partial charge is 0.495 e. The summed E-state index contributed by atoms with van der Waals surface area (Å²) in [6.45, 7) is 6.90. The number of hydrogen-bond acceptors (Lipinski definition) is 4. The molecular formula is C15H22N4O. The summed E-state index contributed by atoms with van der Waals surface area (Å²) in [6, 6.07) is 6.00. The van der Waals surface area contributed by atoms with Crippen LogP contribution in [0.25, 0.3) is 0 Å². The number of benzene rings is 1. The fourth-order valence-corrected chi connectivity index (χ4v) is 2.15. The van der Waals surface area contributed by atoms with Crippen LogP contribution >= 0.6 is 0 Å². The summed E-state index contributed by atoms with van der Waals surface area (Å²) in [6.07, 6.45) is 1.00. The first-order valence-corrected chi connectivity index (χ1v) is 6.81. The van der Waals surface area contributed by atoms with Crippen molar-refractivity contribution in [2.75, 3.05) is 18.2 Å². The Balaban J connectivity index is 2.41. The van der Waals surface area contributed by atoms with Crippen LogP contribution in [-0.4, -0.2) is 16.9 Å². The number of nitrogen functional groups attached to an aromatic ring is 1. The van der Waals surface area contributed by atoms with Crippen LogP contribution in [0, 0.1) is 13.8 Å². The number of aryl methyl sites for hydroxylation is 3. The third-order valence-corrected chi connectivity index (χ3v) is 3.22. The van der Waals surface area contributed by atoms with Gasteiger partial charge in [0.05, 0.1) is 24.2 Å². The number of anilines is 3. The van der Waals surface area contributed by atoms with E-state index in [0.717, 1.165) is 41.5 Å². The molecule has 5 heteroatoms. The molecule has 0 saturated heterocycles. The van der Waals surface area contributed by atoms with E-state index in [1.807, 2.05) is 36.7 Å². The lowest BCUT2D eigenvalue weighted by Gasteiger charge is -2.14. The SMILES string of the molecule is CCCn1nc(C)c(N)c1Nc1cc(C)ccc1OC. The van der Waals surface area contributed by atoms with Gasteiger partial charge in [-0.2, -0.15) is 5.10 Å². The zero-order chi connectivity index (χ0) is 14.7. The van der Waals surface area contributed by atoms with Crippen molar-refractivity contribution in [3.8, 4) is 5.75 Å². The Morgan fingerprint density at radius 1 is 1.35 bits per heavy atom. The maximum Gasteiger partial charge on any atom is 0.152 e. The Morgan fingerprint density at radius 3 is 2.75 bits per heavy atom. The zero-order valence-electron chi connectivity index (χ0n) is 12.5. The second-order valence-corrected chi connectivity index (χ2v) is 4.90. The second-order valence-electron chi connectivity index (χ2n) is 4.90. The average molecular weight is 274 g/mol. The number of ether oxygens (including phenoxy) is 1. The van der Waals surface area contributed by atoms with Gasteiger partial charge in [-0.3, -0.25) is 0 Å². The summed E-state index contributed by atoms with van der Waals surface area (Å²) in [5.74, 6) is 1.62. The Labute approximate surface area is 119 Å². The van der Waals surface area contributed by atoms with Crippen molar-refractivity contribution < 1.29 is 4.74 Å². The van der Waals surface area contributed by atoms with Crippen LogP contribution in [0.15, 0.2) is 18.2 Å². The fraction of sp³-hybridized carbons (Fsp3) is 0.400. The summed E-state index contributed by atoms with van der Waals surface area (Å²) >= 11 is 0. The van der Waals surface area contributed by atoms with E-state index in [1.54, 1.807) is 7.11 Å². The molecule has 3 N–H and O–H groups in total. The van der Waals surface area contributed by atoms with Gasteiger partial charge in [-0.25, -0.2) is 4.68 Å². The first-order valence-electron chi connectivity index (χ1n) is 6.81. The van der Waals surface area contributed by atoms with Gasteiger partial charge in [0.15, 0.2) is 5.82 Å². The third-order valence-electron chi connectivity index (χ3n) is 3.22. The molecule has 5 nitrogen and oxygen atoms in total. The molecule has 0 saturated carbocycles. The van der Waals surface area contributed by atoms with E-state index < -0.39 is 0 Å². The molecule has 1 aromatic heterocycles. The van der Waals surface area contributed by atoms with E-state index in [4.69, 9.17) is 10.5 Å². The average Bonchev–Trinajstić information content (AvgIpc) is 2.67. The quantitative estimate of drug-likeness (QED) is 0.878. The summed E-state index contributed by atoms with van der Waals surface area (Å²) in [5.41, 5.74) is 9.70. The molecule has 0 unspecified atom stereocenters. The highest BCUT2D eigenvalue weighted by Gasteiger charge is 2.14. The van der Waals surface area contributed by atoms with E-state index in [0.29, 0.717) is 5.69 Å². The summed E-state index contributed by atoms with van der Waals surface area (Å²) in [7, 11) is 1.66. The highest BCUT2D eigenvalue weighted by molar-refractivity contribution is 5.74. The number of hydrogen-bond donors (Lipinski definition) is 2.